The van der Waals surface area contributed by atoms with Gasteiger partial charge in [0.25, 0.3) is 0 Å². The summed E-state index contributed by atoms with van der Waals surface area (Å²) in [5.41, 5.74) is 5.69. The van der Waals surface area contributed by atoms with E-state index in [2.05, 4.69) is 33.7 Å². The van der Waals surface area contributed by atoms with Crippen molar-refractivity contribution in [3.63, 3.8) is 0 Å². The summed E-state index contributed by atoms with van der Waals surface area (Å²) in [4.78, 5) is 14.8. The van der Waals surface area contributed by atoms with Gasteiger partial charge in [0.2, 0.25) is 0 Å². The number of ether oxygens (including phenoxy) is 1. The summed E-state index contributed by atoms with van der Waals surface area (Å²) in [5.74, 6) is 1.33. The smallest absolute Gasteiger partial charge is 0.192 e. The number of aryl methyl sites for hydroxylation is 1. The van der Waals surface area contributed by atoms with Gasteiger partial charge in [0.15, 0.2) is 23.7 Å². The maximum absolute atomic E-state index is 5.41. The molecule has 0 amide bonds. The maximum Gasteiger partial charge on any atom is 0.192 e. The van der Waals surface area contributed by atoms with Gasteiger partial charge in [-0.3, -0.25) is 4.57 Å². The number of benzene rings is 2. The molecule has 0 unspecified atom stereocenters. The van der Waals surface area contributed by atoms with Crippen molar-refractivity contribution in [2.75, 3.05) is 7.11 Å². The molecular weight excluding hydrogens is 404 g/mol. The van der Waals surface area contributed by atoms with Crippen LogP contribution in [0.15, 0.2) is 66.1 Å². The molecule has 0 saturated heterocycles. The van der Waals surface area contributed by atoms with Crippen LogP contribution in [0, 0.1) is 13.8 Å². The molecule has 5 aromatic rings. The second-order valence-corrected chi connectivity index (χ2v) is 7.41. The van der Waals surface area contributed by atoms with E-state index < -0.39 is 0 Å². The molecule has 0 aliphatic heterocycles. The fourth-order valence-corrected chi connectivity index (χ4v) is 3.76. The molecule has 0 aliphatic carbocycles. The zero-order chi connectivity index (χ0) is 22.1. The number of fused-ring (bicyclic) bond motifs is 3. The molecular formula is C24H22N6O2. The van der Waals surface area contributed by atoms with Gasteiger partial charge in [-0.05, 0) is 37.1 Å². The highest BCUT2D eigenvalue weighted by atomic mass is 16.6. The monoisotopic (exact) mass is 426 g/mol. The molecule has 160 valence electrons. The van der Waals surface area contributed by atoms with Gasteiger partial charge < -0.3 is 9.57 Å². The Labute approximate surface area is 184 Å². The van der Waals surface area contributed by atoms with E-state index in [0.29, 0.717) is 5.82 Å². The molecule has 5 rings (SSSR count). The number of nitrogens with zero attached hydrogens (tertiary/aromatic N) is 6. The molecule has 3 aromatic heterocycles. The van der Waals surface area contributed by atoms with E-state index in [1.165, 1.54) is 0 Å². The van der Waals surface area contributed by atoms with Gasteiger partial charge >= 0.3 is 0 Å². The van der Waals surface area contributed by atoms with Crippen LogP contribution in [0.3, 0.4) is 0 Å². The molecule has 0 radical (unpaired) electrons. The minimum absolute atomic E-state index is 0.168. The van der Waals surface area contributed by atoms with E-state index in [4.69, 9.17) is 14.6 Å². The summed E-state index contributed by atoms with van der Waals surface area (Å²) in [6.45, 7) is 4.32. The highest BCUT2D eigenvalue weighted by Gasteiger charge is 2.19. The minimum Gasteiger partial charge on any atom is -0.497 e. The average Bonchev–Trinajstić information content (AvgIpc) is 3.35. The molecule has 0 spiro atoms. The van der Waals surface area contributed by atoms with Crippen molar-refractivity contribution in [1.82, 2.24) is 24.1 Å². The first-order valence-electron chi connectivity index (χ1n) is 10.2. The van der Waals surface area contributed by atoms with Gasteiger partial charge in [-0.2, -0.15) is 0 Å². The van der Waals surface area contributed by atoms with E-state index in [0.717, 1.165) is 44.9 Å². The van der Waals surface area contributed by atoms with Crippen molar-refractivity contribution in [3.8, 4) is 11.4 Å². The van der Waals surface area contributed by atoms with Crippen LogP contribution in [0.2, 0.25) is 0 Å². The lowest BCUT2D eigenvalue weighted by Gasteiger charge is -2.09. The normalized spacial score (nSPS) is 11.6. The van der Waals surface area contributed by atoms with Crippen LogP contribution in [0.1, 0.15) is 22.6 Å². The number of oxime groups is 1. The van der Waals surface area contributed by atoms with Crippen molar-refractivity contribution in [1.29, 1.82) is 0 Å². The minimum atomic E-state index is 0.168. The zero-order valence-corrected chi connectivity index (χ0v) is 18.1. The van der Waals surface area contributed by atoms with Crippen LogP contribution in [0.5, 0.6) is 5.75 Å². The van der Waals surface area contributed by atoms with Crippen molar-refractivity contribution < 1.29 is 9.57 Å². The third-order valence-corrected chi connectivity index (χ3v) is 5.46. The van der Waals surface area contributed by atoms with Crippen molar-refractivity contribution in [2.45, 2.75) is 20.5 Å². The summed E-state index contributed by atoms with van der Waals surface area (Å²) >= 11 is 0. The fraction of sp³-hybridized carbons (Fsp3) is 0.167. The largest absolute Gasteiger partial charge is 0.497 e. The van der Waals surface area contributed by atoms with Crippen LogP contribution < -0.4 is 4.74 Å². The van der Waals surface area contributed by atoms with Gasteiger partial charge in [0.1, 0.15) is 12.1 Å². The van der Waals surface area contributed by atoms with E-state index in [1.807, 2.05) is 54.6 Å². The van der Waals surface area contributed by atoms with Crippen molar-refractivity contribution in [2.24, 2.45) is 5.16 Å². The number of methoxy groups -OCH3 is 1. The second kappa shape index (κ2) is 8.14. The Balaban J connectivity index is 1.50. The van der Waals surface area contributed by atoms with Gasteiger partial charge in [-0.15, -0.1) is 5.10 Å². The third-order valence-electron chi connectivity index (χ3n) is 5.46. The van der Waals surface area contributed by atoms with E-state index in [-0.39, 0.29) is 6.61 Å². The topological polar surface area (TPSA) is 78.8 Å². The highest BCUT2D eigenvalue weighted by Crippen LogP contribution is 2.30. The van der Waals surface area contributed by atoms with E-state index >= 15 is 0 Å². The Hall–Kier alpha value is -4.20. The lowest BCUT2D eigenvalue weighted by Crippen LogP contribution is -1.99. The summed E-state index contributed by atoms with van der Waals surface area (Å²) < 4.78 is 9.20. The predicted molar refractivity (Wildman–Crippen MR) is 122 cm³/mol. The Bertz CT molecular complexity index is 1440. The van der Waals surface area contributed by atoms with Crippen LogP contribution in [-0.2, 0) is 11.4 Å². The van der Waals surface area contributed by atoms with Crippen LogP contribution >= 0.6 is 0 Å². The standard InChI is InChI=1S/C24H22N6O2/c1-16-17(2)30(19-10-7-11-20(12-19)31-3)23-22(16)24-27-21(28-29(24)15-25-23)14-32-26-13-18-8-5-4-6-9-18/h4-13,15H,14H2,1-3H3/b26-13-. The molecule has 3 heterocycles. The van der Waals surface area contributed by atoms with Gasteiger partial charge in [-0.1, -0.05) is 41.6 Å². The molecule has 0 atom stereocenters. The molecule has 0 saturated carbocycles. The molecule has 0 N–H and O–H groups in total. The number of rotatable bonds is 6. The van der Waals surface area contributed by atoms with Crippen LogP contribution in [0.25, 0.3) is 22.4 Å². The quantitative estimate of drug-likeness (QED) is 0.300. The highest BCUT2D eigenvalue weighted by molar-refractivity contribution is 5.95. The number of hydrogen-bond acceptors (Lipinski definition) is 6. The van der Waals surface area contributed by atoms with Crippen LogP contribution in [-0.4, -0.2) is 37.5 Å². The SMILES string of the molecule is COc1cccc(-n2c(C)c(C)c3c2ncn2nc(CO/N=C\c4ccccc4)nc32)c1. The molecule has 8 heteroatoms. The predicted octanol–water partition coefficient (Wildman–Crippen LogP) is 4.24. The zero-order valence-electron chi connectivity index (χ0n) is 18.1. The van der Waals surface area contributed by atoms with Gasteiger partial charge in [0, 0.05) is 11.8 Å². The third kappa shape index (κ3) is 3.45. The summed E-state index contributed by atoms with van der Waals surface area (Å²) in [7, 11) is 1.66. The second-order valence-electron chi connectivity index (χ2n) is 7.41. The molecule has 8 nitrogen and oxygen atoms in total. The van der Waals surface area contributed by atoms with E-state index in [1.54, 1.807) is 24.2 Å². The molecule has 0 bridgehead atoms. The van der Waals surface area contributed by atoms with E-state index in [9.17, 15) is 0 Å². The van der Waals surface area contributed by atoms with Gasteiger partial charge in [-0.25, -0.2) is 14.5 Å². The molecule has 0 fully saturated rings. The lowest BCUT2D eigenvalue weighted by atomic mass is 10.2. The van der Waals surface area contributed by atoms with Gasteiger partial charge in [0.05, 0.1) is 24.4 Å². The summed E-state index contributed by atoms with van der Waals surface area (Å²) in [5, 5.41) is 9.48. The average molecular weight is 426 g/mol. The Morgan fingerprint density at radius 3 is 2.69 bits per heavy atom. The summed E-state index contributed by atoms with van der Waals surface area (Å²) in [6, 6.07) is 17.7. The fourth-order valence-electron chi connectivity index (χ4n) is 3.76. The first-order chi connectivity index (χ1) is 15.7. The number of aromatic nitrogens is 5. The molecule has 0 aliphatic rings. The Morgan fingerprint density at radius 1 is 1.03 bits per heavy atom. The molecule has 2 aromatic carbocycles. The maximum atomic E-state index is 5.41. The summed E-state index contributed by atoms with van der Waals surface area (Å²) in [6.07, 6.45) is 3.34. The Kier molecular flexibility index (Phi) is 5.03. The lowest BCUT2D eigenvalue weighted by molar-refractivity contribution is 0.126. The molecule has 32 heavy (non-hydrogen) atoms. The Morgan fingerprint density at radius 2 is 1.88 bits per heavy atom. The first kappa shape index (κ1) is 19.7. The van der Waals surface area contributed by atoms with Crippen molar-refractivity contribution >= 4 is 22.9 Å². The van der Waals surface area contributed by atoms with Crippen molar-refractivity contribution in [3.05, 3.63) is 83.6 Å². The first-order valence-corrected chi connectivity index (χ1v) is 10.2. The van der Waals surface area contributed by atoms with Crippen LogP contribution in [0.4, 0.5) is 0 Å². The number of hydrogen-bond donors (Lipinski definition) is 0.